The Labute approximate surface area is 329 Å². The van der Waals surface area contributed by atoms with Crippen LogP contribution in [0.2, 0.25) is 0 Å². The Kier molecular flexibility index (Phi) is 8.01. The van der Waals surface area contributed by atoms with E-state index in [0.29, 0.717) is 17.3 Å². The second kappa shape index (κ2) is 13.7. The molecule has 1 aliphatic rings. The molecule has 264 valence electrons. The van der Waals surface area contributed by atoms with Crippen molar-refractivity contribution in [2.24, 2.45) is 0 Å². The number of aryl methyl sites for hydroxylation is 1. The molecule has 9 rings (SSSR count). The summed E-state index contributed by atoms with van der Waals surface area (Å²) in [5.74, 6) is 1.52. The third-order valence-electron chi connectivity index (χ3n) is 9.57. The van der Waals surface area contributed by atoms with Crippen molar-refractivity contribution in [1.29, 1.82) is 0 Å². The summed E-state index contributed by atoms with van der Waals surface area (Å²) >= 11 is 0. The summed E-state index contributed by atoms with van der Waals surface area (Å²) in [6.45, 7) is 6.65. The first-order chi connectivity index (χ1) is 26.5. The average molecular weight is 872 g/mol. The molecule has 0 radical (unpaired) electrons. The molecule has 0 amide bonds. The summed E-state index contributed by atoms with van der Waals surface area (Å²) in [5, 5.41) is 1.96. The van der Waals surface area contributed by atoms with E-state index in [9.17, 15) is 0 Å². The van der Waals surface area contributed by atoms with Gasteiger partial charge in [0.15, 0.2) is 0 Å². The van der Waals surface area contributed by atoms with Crippen molar-refractivity contribution in [3.63, 3.8) is 0 Å². The van der Waals surface area contributed by atoms with E-state index < -0.39 is 6.85 Å². The smallest absolute Gasteiger partial charge is 0.135 e. The van der Waals surface area contributed by atoms with Gasteiger partial charge in [-0.25, -0.2) is 4.98 Å². The Bertz CT molecular complexity index is 2720. The third-order valence-corrected chi connectivity index (χ3v) is 9.57. The number of nitrogens with zero attached hydrogens (tertiary/aromatic N) is 4. The quantitative estimate of drug-likeness (QED) is 0.156. The van der Waals surface area contributed by atoms with Gasteiger partial charge < -0.3 is 19.1 Å². The average Bonchev–Trinajstić information content (AvgIpc) is 3.73. The number of aromatic nitrogens is 2. The molecule has 0 saturated heterocycles. The number of para-hydroxylation sites is 3. The fourth-order valence-electron chi connectivity index (χ4n) is 7.24. The van der Waals surface area contributed by atoms with E-state index in [1.807, 2.05) is 59.2 Å². The molecule has 5 nitrogen and oxygen atoms in total. The van der Waals surface area contributed by atoms with Gasteiger partial charge in [-0.3, -0.25) is 0 Å². The molecule has 3 heterocycles. The van der Waals surface area contributed by atoms with Crippen LogP contribution in [0, 0.1) is 25.7 Å². The van der Waals surface area contributed by atoms with E-state index in [4.69, 9.17) is 8.85 Å². The van der Waals surface area contributed by atoms with Crippen LogP contribution < -0.4 is 14.5 Å². The van der Waals surface area contributed by atoms with E-state index >= 15 is 0 Å². The Balaban J connectivity index is 0.00000441. The molecule has 0 atom stereocenters. The summed E-state index contributed by atoms with van der Waals surface area (Å²) in [6.07, 6.45) is 1.54. The maximum Gasteiger partial charge on any atom is 0.135 e. The molecule has 53 heavy (non-hydrogen) atoms. The van der Waals surface area contributed by atoms with Gasteiger partial charge in [-0.05, 0) is 70.7 Å². The first kappa shape index (κ1) is 30.9. The number of fused-ring (bicyclic) bond motifs is 4. The third kappa shape index (κ3) is 6.19. The second-order valence-electron chi connectivity index (χ2n) is 14.0. The topological polar surface area (TPSA) is 33.5 Å². The number of hydrogen-bond acceptors (Lipinski definition) is 4. The molecule has 8 aromatic rings. The molecule has 1 aliphatic heterocycles. The van der Waals surface area contributed by atoms with Crippen LogP contribution in [0.1, 0.15) is 36.0 Å². The molecule has 0 bridgehead atoms. The van der Waals surface area contributed by atoms with E-state index in [1.54, 1.807) is 6.07 Å². The van der Waals surface area contributed by atoms with Gasteiger partial charge in [0, 0.05) is 71.0 Å². The van der Waals surface area contributed by atoms with Crippen LogP contribution in [0.3, 0.4) is 0 Å². The first-order valence-corrected chi connectivity index (χ1v) is 17.4. The SMILES string of the molecule is [2H]C([2H])([2H])c1ccnc(-n2c3[c-]c(Oc4[c-]c(N5[CH-]N(c6cccc(C(C)(C)C)c6-c6ccccc6)c6ccccc65)ccc4)ccc3c3ccccc32)c1.[Pt]. The van der Waals surface area contributed by atoms with Gasteiger partial charge in [0.25, 0.3) is 0 Å². The van der Waals surface area contributed by atoms with Crippen LogP contribution >= 0.6 is 0 Å². The van der Waals surface area contributed by atoms with Crippen LogP contribution in [0.15, 0.2) is 146 Å². The first-order valence-electron chi connectivity index (χ1n) is 18.9. The summed E-state index contributed by atoms with van der Waals surface area (Å²) in [4.78, 5) is 9.00. The van der Waals surface area contributed by atoms with Crippen molar-refractivity contribution in [1.82, 2.24) is 9.55 Å². The fourth-order valence-corrected chi connectivity index (χ4v) is 7.24. The normalized spacial score (nSPS) is 13.7. The Hall–Kier alpha value is -5.64. The van der Waals surface area contributed by atoms with Crippen molar-refractivity contribution in [2.45, 2.75) is 33.0 Å². The molecule has 0 fully saturated rings. The van der Waals surface area contributed by atoms with Gasteiger partial charge in [-0.15, -0.1) is 48.1 Å². The van der Waals surface area contributed by atoms with Crippen molar-refractivity contribution in [2.75, 3.05) is 9.80 Å². The number of rotatable bonds is 6. The van der Waals surface area contributed by atoms with E-state index in [0.717, 1.165) is 44.6 Å². The second-order valence-corrected chi connectivity index (χ2v) is 14.0. The molecule has 0 saturated carbocycles. The minimum absolute atomic E-state index is 0. The summed E-state index contributed by atoms with van der Waals surface area (Å²) in [5.41, 5.74) is 9.42. The number of hydrogen-bond donors (Lipinski definition) is 0. The van der Waals surface area contributed by atoms with Crippen molar-refractivity contribution >= 4 is 44.6 Å². The summed E-state index contributed by atoms with van der Waals surface area (Å²) in [6, 6.07) is 53.5. The van der Waals surface area contributed by atoms with Gasteiger partial charge in [0.05, 0.1) is 0 Å². The van der Waals surface area contributed by atoms with Crippen LogP contribution in [0.5, 0.6) is 11.5 Å². The van der Waals surface area contributed by atoms with Gasteiger partial charge in [-0.2, -0.15) is 12.1 Å². The van der Waals surface area contributed by atoms with Crippen LogP contribution in [0.4, 0.5) is 22.7 Å². The molecular weight excluding hydrogens is 832 g/mol. The fraction of sp³-hybridized carbons (Fsp3) is 0.106. The Morgan fingerprint density at radius 2 is 1.40 bits per heavy atom. The van der Waals surface area contributed by atoms with E-state index in [2.05, 4.69) is 127 Å². The van der Waals surface area contributed by atoms with Crippen LogP contribution in [-0.4, -0.2) is 9.55 Å². The summed E-state index contributed by atoms with van der Waals surface area (Å²) < 4.78 is 32.4. The summed E-state index contributed by atoms with van der Waals surface area (Å²) in [7, 11) is 0. The van der Waals surface area contributed by atoms with Gasteiger partial charge >= 0.3 is 0 Å². The zero-order chi connectivity index (χ0) is 37.9. The largest absolute Gasteiger partial charge is 0.509 e. The van der Waals surface area contributed by atoms with Gasteiger partial charge in [0.2, 0.25) is 0 Å². The zero-order valence-electron chi connectivity index (χ0n) is 32.4. The predicted octanol–water partition coefficient (Wildman–Crippen LogP) is 12.3. The maximum atomic E-state index is 7.99. The Morgan fingerprint density at radius 1 is 0.679 bits per heavy atom. The number of anilines is 4. The van der Waals surface area contributed by atoms with Crippen LogP contribution in [-0.2, 0) is 26.5 Å². The predicted molar refractivity (Wildman–Crippen MR) is 213 cm³/mol. The van der Waals surface area contributed by atoms with Crippen LogP contribution in [0.25, 0.3) is 38.8 Å². The number of pyridine rings is 1. The molecule has 2 aromatic heterocycles. The molecule has 0 aliphatic carbocycles. The molecular formula is C47H37N4OPt-3. The monoisotopic (exact) mass is 871 g/mol. The van der Waals surface area contributed by atoms with E-state index in [1.165, 1.54) is 29.0 Å². The molecule has 6 heteroatoms. The van der Waals surface area contributed by atoms with E-state index in [-0.39, 0.29) is 32.0 Å². The van der Waals surface area contributed by atoms with Crippen molar-refractivity contribution in [3.8, 4) is 28.4 Å². The van der Waals surface area contributed by atoms with Crippen molar-refractivity contribution in [3.05, 3.63) is 176 Å². The van der Waals surface area contributed by atoms with Gasteiger partial charge in [-0.1, -0.05) is 99.1 Å². The van der Waals surface area contributed by atoms with Crippen molar-refractivity contribution < 1.29 is 29.9 Å². The molecule has 0 unspecified atom stereocenters. The number of ether oxygens (including phenoxy) is 1. The standard InChI is InChI=1S/C47H37N4O.Pt/c1-32-26-27-48-45(28-32)51-40-20-9-8-18-37(40)38-25-24-36(30-44(38)51)52-35-17-12-16-34(29-35)49-31-50(42-22-11-10-21-41(42)49)43-23-13-19-39(47(2,3)4)46(43)33-14-6-5-7-15-33;/h5-28,31H,1-4H3;/q-3;/i1D3;. The molecule has 6 aromatic carbocycles. The Morgan fingerprint density at radius 3 is 2.21 bits per heavy atom. The van der Waals surface area contributed by atoms with Gasteiger partial charge in [0.1, 0.15) is 5.82 Å². The minimum Gasteiger partial charge on any atom is -0.509 e. The zero-order valence-corrected chi connectivity index (χ0v) is 31.7. The minimum atomic E-state index is -2.26. The molecule has 0 spiro atoms. The molecule has 0 N–H and O–H groups in total. The maximum absolute atomic E-state index is 7.99. The number of benzene rings is 6.